The van der Waals surface area contributed by atoms with Crippen LogP contribution in [0.4, 0.5) is 0 Å². The van der Waals surface area contributed by atoms with Gasteiger partial charge >= 0.3 is 0 Å². The molecule has 0 spiro atoms. The molecule has 1 N–H and O–H groups in total. The third kappa shape index (κ3) is 5.38. The molecule has 2 fully saturated rings. The average Bonchev–Trinajstić information content (AvgIpc) is 2.82. The van der Waals surface area contributed by atoms with Crippen LogP contribution in [0.5, 0.6) is 5.88 Å². The molecular formula is C21H26N4O5S. The van der Waals surface area contributed by atoms with E-state index in [2.05, 4.69) is 15.3 Å². The predicted octanol–water partition coefficient (Wildman–Crippen LogP) is 1.62. The van der Waals surface area contributed by atoms with E-state index in [0.717, 1.165) is 25.7 Å². The summed E-state index contributed by atoms with van der Waals surface area (Å²) in [6.45, 7) is 1.47. The fourth-order valence-corrected chi connectivity index (χ4v) is 5.23. The minimum atomic E-state index is -3.57. The van der Waals surface area contributed by atoms with Gasteiger partial charge in [-0.2, -0.15) is 4.31 Å². The number of amides is 1. The first-order valence-corrected chi connectivity index (χ1v) is 11.9. The Morgan fingerprint density at radius 3 is 2.42 bits per heavy atom. The number of hydrogen-bond donors (Lipinski definition) is 1. The molecule has 10 heteroatoms. The Morgan fingerprint density at radius 2 is 1.77 bits per heavy atom. The Balaban J connectivity index is 1.29. The van der Waals surface area contributed by atoms with E-state index in [1.54, 1.807) is 30.7 Å². The van der Waals surface area contributed by atoms with Crippen molar-refractivity contribution in [3.63, 3.8) is 0 Å². The average molecular weight is 447 g/mol. The summed E-state index contributed by atoms with van der Waals surface area (Å²) in [6, 6.07) is 6.17. The van der Waals surface area contributed by atoms with E-state index >= 15 is 0 Å². The first kappa shape index (κ1) is 21.7. The van der Waals surface area contributed by atoms with Gasteiger partial charge in [-0.05, 0) is 49.9 Å². The van der Waals surface area contributed by atoms with Gasteiger partial charge in [-0.1, -0.05) is 0 Å². The van der Waals surface area contributed by atoms with Crippen LogP contribution in [0.25, 0.3) is 0 Å². The van der Waals surface area contributed by atoms with Gasteiger partial charge in [0.05, 0.1) is 24.3 Å². The quantitative estimate of drug-likeness (QED) is 0.718. The van der Waals surface area contributed by atoms with E-state index in [9.17, 15) is 13.2 Å². The second-order valence-corrected chi connectivity index (χ2v) is 9.59. The lowest BCUT2D eigenvalue weighted by atomic mass is 9.92. The molecule has 1 aliphatic carbocycles. The fourth-order valence-electron chi connectivity index (χ4n) is 3.83. The SMILES string of the molecule is O=C(NC1CCC(Oc2cnccn2)CC1)c1ccc(S(=O)(=O)N2CCOCC2)cc1. The van der Waals surface area contributed by atoms with Crippen molar-refractivity contribution < 1.29 is 22.7 Å². The Hall–Kier alpha value is -2.56. The third-order valence-corrected chi connectivity index (χ3v) is 7.47. The molecule has 1 aromatic heterocycles. The summed E-state index contributed by atoms with van der Waals surface area (Å²) >= 11 is 0. The van der Waals surface area contributed by atoms with Crippen molar-refractivity contribution in [3.8, 4) is 5.88 Å². The highest BCUT2D eigenvalue weighted by Crippen LogP contribution is 2.23. The first-order valence-electron chi connectivity index (χ1n) is 10.4. The molecule has 0 radical (unpaired) electrons. The molecule has 1 amide bonds. The summed E-state index contributed by atoms with van der Waals surface area (Å²) in [7, 11) is -3.57. The summed E-state index contributed by atoms with van der Waals surface area (Å²) in [5, 5.41) is 3.04. The molecule has 2 aliphatic rings. The molecule has 0 bridgehead atoms. The Morgan fingerprint density at radius 1 is 1.06 bits per heavy atom. The van der Waals surface area contributed by atoms with E-state index in [4.69, 9.17) is 9.47 Å². The number of hydrogen-bond acceptors (Lipinski definition) is 7. The van der Waals surface area contributed by atoms with Gasteiger partial charge in [0, 0.05) is 37.1 Å². The van der Waals surface area contributed by atoms with Gasteiger partial charge in [0.2, 0.25) is 15.9 Å². The van der Waals surface area contributed by atoms with Gasteiger partial charge in [-0.25, -0.2) is 13.4 Å². The summed E-state index contributed by atoms with van der Waals surface area (Å²) in [5.74, 6) is 0.315. The van der Waals surface area contributed by atoms with Crippen LogP contribution in [-0.2, 0) is 14.8 Å². The summed E-state index contributed by atoms with van der Waals surface area (Å²) in [4.78, 5) is 20.9. The van der Waals surface area contributed by atoms with Crippen molar-refractivity contribution in [1.82, 2.24) is 19.6 Å². The van der Waals surface area contributed by atoms with E-state index in [1.165, 1.54) is 16.4 Å². The smallest absolute Gasteiger partial charge is 0.251 e. The molecule has 31 heavy (non-hydrogen) atoms. The van der Waals surface area contributed by atoms with Crippen molar-refractivity contribution in [2.45, 2.75) is 42.7 Å². The number of sulfonamides is 1. The molecule has 4 rings (SSSR count). The maximum absolute atomic E-state index is 12.7. The lowest BCUT2D eigenvalue weighted by Gasteiger charge is -2.29. The van der Waals surface area contributed by atoms with Gasteiger partial charge in [0.15, 0.2) is 0 Å². The number of nitrogens with one attached hydrogen (secondary N) is 1. The number of carbonyl (C=O) groups excluding carboxylic acids is 1. The third-order valence-electron chi connectivity index (χ3n) is 5.56. The largest absolute Gasteiger partial charge is 0.473 e. The van der Waals surface area contributed by atoms with E-state index in [-0.39, 0.29) is 22.9 Å². The zero-order valence-electron chi connectivity index (χ0n) is 17.1. The molecule has 2 heterocycles. The second-order valence-electron chi connectivity index (χ2n) is 7.65. The zero-order valence-corrected chi connectivity index (χ0v) is 18.0. The molecule has 166 valence electrons. The second kappa shape index (κ2) is 9.71. The van der Waals surface area contributed by atoms with Gasteiger partial charge in [-0.15, -0.1) is 0 Å². The normalized spacial score (nSPS) is 22.6. The number of aromatic nitrogens is 2. The Kier molecular flexibility index (Phi) is 6.79. The maximum Gasteiger partial charge on any atom is 0.251 e. The molecule has 1 saturated heterocycles. The number of morpholine rings is 1. The number of ether oxygens (including phenoxy) is 2. The van der Waals surface area contributed by atoms with Crippen molar-refractivity contribution in [3.05, 3.63) is 48.4 Å². The van der Waals surface area contributed by atoms with Crippen LogP contribution in [0.1, 0.15) is 36.0 Å². The number of benzene rings is 1. The lowest BCUT2D eigenvalue weighted by molar-refractivity contribution is 0.0730. The molecule has 9 nitrogen and oxygen atoms in total. The van der Waals surface area contributed by atoms with Crippen molar-refractivity contribution in [2.24, 2.45) is 0 Å². The minimum absolute atomic E-state index is 0.0611. The molecular weight excluding hydrogens is 420 g/mol. The van der Waals surface area contributed by atoms with E-state index in [1.807, 2.05) is 0 Å². The summed E-state index contributed by atoms with van der Waals surface area (Å²) in [6.07, 6.45) is 8.10. The molecule has 1 aliphatic heterocycles. The van der Waals surface area contributed by atoms with Gasteiger partial charge in [0.1, 0.15) is 6.10 Å². The first-order chi connectivity index (χ1) is 15.0. The highest BCUT2D eigenvalue weighted by molar-refractivity contribution is 7.89. The van der Waals surface area contributed by atoms with Crippen molar-refractivity contribution >= 4 is 15.9 Å². The zero-order chi connectivity index (χ0) is 21.7. The molecule has 0 atom stereocenters. The monoisotopic (exact) mass is 446 g/mol. The number of rotatable bonds is 6. The molecule has 1 aromatic carbocycles. The topological polar surface area (TPSA) is 111 Å². The maximum atomic E-state index is 12.7. The molecule has 0 unspecified atom stereocenters. The number of carbonyl (C=O) groups is 1. The number of nitrogens with zero attached hydrogens (tertiary/aromatic N) is 3. The highest BCUT2D eigenvalue weighted by Gasteiger charge is 2.27. The van der Waals surface area contributed by atoms with E-state index < -0.39 is 10.0 Å². The van der Waals surface area contributed by atoms with Crippen LogP contribution in [0.15, 0.2) is 47.8 Å². The van der Waals surface area contributed by atoms with Crippen LogP contribution in [0, 0.1) is 0 Å². The fraction of sp³-hybridized carbons (Fsp3) is 0.476. The summed E-state index contributed by atoms with van der Waals surface area (Å²) in [5.41, 5.74) is 0.443. The van der Waals surface area contributed by atoms with Crippen LogP contribution in [0.2, 0.25) is 0 Å². The minimum Gasteiger partial charge on any atom is -0.473 e. The molecule has 2 aromatic rings. The highest BCUT2D eigenvalue weighted by atomic mass is 32.2. The Bertz CT molecular complexity index is 971. The van der Waals surface area contributed by atoms with Crippen LogP contribution >= 0.6 is 0 Å². The molecule has 1 saturated carbocycles. The van der Waals surface area contributed by atoms with Gasteiger partial charge in [-0.3, -0.25) is 9.78 Å². The standard InChI is InChI=1S/C21H26N4O5S/c26-21(24-17-3-5-18(6-4-17)30-20-15-22-9-10-23-20)16-1-7-19(8-2-16)31(27,28)25-11-13-29-14-12-25/h1-2,7-10,15,17-18H,3-6,11-14H2,(H,24,26). The predicted molar refractivity (Wildman–Crippen MR) is 112 cm³/mol. The van der Waals surface area contributed by atoms with Gasteiger partial charge in [0.25, 0.3) is 5.91 Å². The Labute approximate surface area is 181 Å². The van der Waals surface area contributed by atoms with E-state index in [0.29, 0.717) is 37.7 Å². The van der Waals surface area contributed by atoms with Crippen LogP contribution < -0.4 is 10.1 Å². The summed E-state index contributed by atoms with van der Waals surface area (Å²) < 4.78 is 37.9. The van der Waals surface area contributed by atoms with Crippen LogP contribution in [-0.4, -0.2) is 67.0 Å². The van der Waals surface area contributed by atoms with Crippen LogP contribution in [0.3, 0.4) is 0 Å². The van der Waals surface area contributed by atoms with Gasteiger partial charge < -0.3 is 14.8 Å². The van der Waals surface area contributed by atoms with Crippen molar-refractivity contribution in [1.29, 1.82) is 0 Å². The lowest BCUT2D eigenvalue weighted by Crippen LogP contribution is -2.40. The van der Waals surface area contributed by atoms with Crippen molar-refractivity contribution in [2.75, 3.05) is 26.3 Å².